The number of nitrogens with zero attached hydrogens (tertiary/aromatic N) is 1. The smallest absolute Gasteiger partial charge is 0.251 e. The fourth-order valence-electron chi connectivity index (χ4n) is 1.27. The minimum atomic E-state index is -0.446. The van der Waals surface area contributed by atoms with Crippen molar-refractivity contribution in [1.82, 2.24) is 15.6 Å². The van der Waals surface area contributed by atoms with Crippen molar-refractivity contribution >= 4 is 29.2 Å². The zero-order valence-corrected chi connectivity index (χ0v) is 11.2. The van der Waals surface area contributed by atoms with E-state index < -0.39 is 5.91 Å². The maximum atomic E-state index is 11.7. The van der Waals surface area contributed by atoms with Crippen LogP contribution < -0.4 is 16.4 Å². The van der Waals surface area contributed by atoms with Crippen molar-refractivity contribution in [2.75, 3.05) is 32.5 Å². The molecule has 7 nitrogen and oxygen atoms in total. The summed E-state index contributed by atoms with van der Waals surface area (Å²) in [5, 5.41) is 5.14. The lowest BCUT2D eigenvalue weighted by atomic mass is 10.2. The van der Waals surface area contributed by atoms with Gasteiger partial charge in [0, 0.05) is 19.2 Å². The Morgan fingerprint density at radius 3 is 2.79 bits per heavy atom. The van der Waals surface area contributed by atoms with Gasteiger partial charge in [0.1, 0.15) is 11.0 Å². The van der Waals surface area contributed by atoms with Crippen molar-refractivity contribution in [3.8, 4) is 0 Å². The van der Waals surface area contributed by atoms with E-state index >= 15 is 0 Å². The van der Waals surface area contributed by atoms with Gasteiger partial charge in [0.05, 0.1) is 13.2 Å². The van der Waals surface area contributed by atoms with E-state index in [4.69, 9.17) is 22.1 Å². The van der Waals surface area contributed by atoms with Crippen LogP contribution in [0.2, 0.25) is 5.15 Å². The third-order valence-electron chi connectivity index (χ3n) is 2.11. The number of pyridine rings is 1. The summed E-state index contributed by atoms with van der Waals surface area (Å²) in [7, 11) is 1.53. The highest BCUT2D eigenvalue weighted by Crippen LogP contribution is 2.11. The van der Waals surface area contributed by atoms with E-state index in [9.17, 15) is 9.59 Å². The standard InChI is InChI=1S/C11H15ClN4O3/c1-19-3-2-14-10(17)6-15-11(18)7-4-8(12)16-9(13)5-7/h4-5H,2-3,6H2,1H3,(H2,13,16)(H,14,17)(H,15,18). The molecule has 1 heterocycles. The van der Waals surface area contributed by atoms with Crippen LogP contribution in [0.3, 0.4) is 0 Å². The van der Waals surface area contributed by atoms with Crippen LogP contribution in [-0.4, -0.2) is 43.6 Å². The SMILES string of the molecule is COCCNC(=O)CNC(=O)c1cc(N)nc(Cl)c1. The topological polar surface area (TPSA) is 106 Å². The number of hydrogen-bond donors (Lipinski definition) is 3. The van der Waals surface area contributed by atoms with Gasteiger partial charge in [0.25, 0.3) is 5.91 Å². The first-order valence-electron chi connectivity index (χ1n) is 5.50. The molecule has 0 aliphatic heterocycles. The highest BCUT2D eigenvalue weighted by Gasteiger charge is 2.09. The molecule has 0 aliphatic rings. The average molecular weight is 287 g/mol. The molecule has 2 amide bonds. The van der Waals surface area contributed by atoms with Crippen molar-refractivity contribution in [1.29, 1.82) is 0 Å². The number of carbonyl (C=O) groups is 2. The van der Waals surface area contributed by atoms with Crippen molar-refractivity contribution in [2.45, 2.75) is 0 Å². The highest BCUT2D eigenvalue weighted by molar-refractivity contribution is 6.29. The number of methoxy groups -OCH3 is 1. The number of nitrogen functional groups attached to an aromatic ring is 1. The summed E-state index contributed by atoms with van der Waals surface area (Å²) in [6.07, 6.45) is 0. The van der Waals surface area contributed by atoms with Crippen LogP contribution in [-0.2, 0) is 9.53 Å². The largest absolute Gasteiger partial charge is 0.384 e. The molecule has 0 fully saturated rings. The van der Waals surface area contributed by atoms with Gasteiger partial charge in [-0.1, -0.05) is 11.6 Å². The molecule has 0 spiro atoms. The van der Waals surface area contributed by atoms with Crippen LogP contribution in [0.1, 0.15) is 10.4 Å². The Labute approximate surface area is 115 Å². The number of amides is 2. The van der Waals surface area contributed by atoms with Gasteiger partial charge in [-0.25, -0.2) is 4.98 Å². The van der Waals surface area contributed by atoms with Gasteiger partial charge in [-0.05, 0) is 12.1 Å². The fourth-order valence-corrected chi connectivity index (χ4v) is 1.48. The van der Waals surface area contributed by atoms with E-state index in [-0.39, 0.29) is 29.0 Å². The summed E-state index contributed by atoms with van der Waals surface area (Å²) in [5.41, 5.74) is 5.72. The number of hydrogen-bond acceptors (Lipinski definition) is 5. The highest BCUT2D eigenvalue weighted by atomic mass is 35.5. The Hall–Kier alpha value is -1.86. The predicted octanol–water partition coefficient (Wildman–Crippen LogP) is -0.190. The van der Waals surface area contributed by atoms with Crippen molar-refractivity contribution in [3.05, 3.63) is 22.8 Å². The average Bonchev–Trinajstić information content (AvgIpc) is 2.35. The van der Waals surface area contributed by atoms with Gasteiger partial charge in [-0.3, -0.25) is 9.59 Å². The molecule has 0 aliphatic carbocycles. The molecule has 0 bridgehead atoms. The van der Waals surface area contributed by atoms with E-state index in [0.717, 1.165) is 0 Å². The quantitative estimate of drug-likeness (QED) is 0.496. The molecule has 19 heavy (non-hydrogen) atoms. The number of anilines is 1. The van der Waals surface area contributed by atoms with Gasteiger partial charge >= 0.3 is 0 Å². The molecule has 0 aromatic carbocycles. The maximum Gasteiger partial charge on any atom is 0.251 e. The van der Waals surface area contributed by atoms with Crippen LogP contribution in [0.15, 0.2) is 12.1 Å². The van der Waals surface area contributed by atoms with E-state index in [0.29, 0.717) is 13.2 Å². The van der Waals surface area contributed by atoms with E-state index in [1.165, 1.54) is 19.2 Å². The van der Waals surface area contributed by atoms with Gasteiger partial charge in [-0.2, -0.15) is 0 Å². The summed E-state index contributed by atoms with van der Waals surface area (Å²) in [6.45, 7) is 0.664. The summed E-state index contributed by atoms with van der Waals surface area (Å²) >= 11 is 5.68. The van der Waals surface area contributed by atoms with Crippen molar-refractivity contribution in [3.63, 3.8) is 0 Å². The Morgan fingerprint density at radius 1 is 1.42 bits per heavy atom. The number of nitrogens with one attached hydrogen (secondary N) is 2. The Bertz CT molecular complexity index is 447. The first kappa shape index (κ1) is 15.2. The molecule has 8 heteroatoms. The summed E-state index contributed by atoms with van der Waals surface area (Å²) in [6, 6.07) is 2.75. The maximum absolute atomic E-state index is 11.7. The van der Waals surface area contributed by atoms with Gasteiger partial charge in [-0.15, -0.1) is 0 Å². The third-order valence-corrected chi connectivity index (χ3v) is 2.31. The van der Waals surface area contributed by atoms with Crippen LogP contribution in [0.25, 0.3) is 0 Å². The van der Waals surface area contributed by atoms with E-state index in [2.05, 4.69) is 15.6 Å². The minimum Gasteiger partial charge on any atom is -0.384 e. The molecule has 0 radical (unpaired) electrons. The Balaban J connectivity index is 2.44. The zero-order chi connectivity index (χ0) is 14.3. The van der Waals surface area contributed by atoms with E-state index in [1.54, 1.807) is 0 Å². The molecular formula is C11H15ClN4O3. The Kier molecular flexibility index (Phi) is 6.04. The van der Waals surface area contributed by atoms with Crippen LogP contribution in [0.5, 0.6) is 0 Å². The second-order valence-electron chi connectivity index (χ2n) is 3.63. The molecule has 0 saturated heterocycles. The molecule has 1 aromatic rings. The Morgan fingerprint density at radius 2 is 2.16 bits per heavy atom. The summed E-state index contributed by atoms with van der Waals surface area (Å²) in [5.74, 6) is -0.612. The van der Waals surface area contributed by atoms with Gasteiger partial charge < -0.3 is 21.1 Å². The third kappa shape index (κ3) is 5.54. The predicted molar refractivity (Wildman–Crippen MR) is 70.9 cm³/mol. The molecule has 4 N–H and O–H groups in total. The van der Waals surface area contributed by atoms with E-state index in [1.807, 2.05) is 0 Å². The first-order valence-corrected chi connectivity index (χ1v) is 5.87. The summed E-state index contributed by atoms with van der Waals surface area (Å²) in [4.78, 5) is 26.8. The molecular weight excluding hydrogens is 272 g/mol. The van der Waals surface area contributed by atoms with Crippen LogP contribution in [0.4, 0.5) is 5.82 Å². The number of nitrogens with two attached hydrogens (primary N) is 1. The van der Waals surface area contributed by atoms with Crippen molar-refractivity contribution in [2.24, 2.45) is 0 Å². The second kappa shape index (κ2) is 7.55. The second-order valence-corrected chi connectivity index (χ2v) is 4.02. The van der Waals surface area contributed by atoms with Crippen molar-refractivity contribution < 1.29 is 14.3 Å². The molecule has 1 rings (SSSR count). The molecule has 104 valence electrons. The molecule has 0 atom stereocenters. The fraction of sp³-hybridized carbons (Fsp3) is 0.364. The first-order chi connectivity index (χ1) is 9.02. The van der Waals surface area contributed by atoms with Gasteiger partial charge in [0.2, 0.25) is 5.91 Å². The molecule has 0 unspecified atom stereocenters. The van der Waals surface area contributed by atoms with Crippen LogP contribution >= 0.6 is 11.6 Å². The number of carbonyl (C=O) groups excluding carboxylic acids is 2. The monoisotopic (exact) mass is 286 g/mol. The molecule has 0 saturated carbocycles. The lowest BCUT2D eigenvalue weighted by Crippen LogP contribution is -2.38. The minimum absolute atomic E-state index is 0.120. The molecule has 1 aromatic heterocycles. The normalized spacial score (nSPS) is 10.0. The zero-order valence-electron chi connectivity index (χ0n) is 10.4. The lowest BCUT2D eigenvalue weighted by Gasteiger charge is -2.07. The number of ether oxygens (including phenoxy) is 1. The van der Waals surface area contributed by atoms with Crippen LogP contribution in [0, 0.1) is 0 Å². The van der Waals surface area contributed by atoms with Gasteiger partial charge in [0.15, 0.2) is 0 Å². The number of rotatable bonds is 6. The number of halogens is 1. The number of aromatic nitrogens is 1. The summed E-state index contributed by atoms with van der Waals surface area (Å²) < 4.78 is 4.78. The lowest BCUT2D eigenvalue weighted by molar-refractivity contribution is -0.120.